The average Bonchev–Trinajstić information content (AvgIpc) is 2.65. The number of carbonyl (C=O) groups excluding carboxylic acids is 1. The topological polar surface area (TPSA) is 50.4 Å². The Bertz CT molecular complexity index is 694. The van der Waals surface area contributed by atoms with Crippen LogP contribution in [0.25, 0.3) is 0 Å². The molecular weight excluding hydrogens is 312 g/mol. The number of rotatable bonds is 6. The average molecular weight is 338 g/mol. The summed E-state index contributed by atoms with van der Waals surface area (Å²) in [6.07, 6.45) is 3.51. The fraction of sp³-hybridized carbons (Fsp3) is 0.381. The van der Waals surface area contributed by atoms with Crippen molar-refractivity contribution in [3.05, 3.63) is 59.7 Å². The van der Waals surface area contributed by atoms with Crippen molar-refractivity contribution in [3.8, 4) is 5.75 Å². The third-order valence-electron chi connectivity index (χ3n) is 4.76. The number of amides is 1. The summed E-state index contributed by atoms with van der Waals surface area (Å²) in [6.45, 7) is 2.03. The van der Waals surface area contributed by atoms with E-state index in [1.807, 2.05) is 36.4 Å². The molecule has 132 valence electrons. The van der Waals surface area contributed by atoms with Crippen LogP contribution in [0.1, 0.15) is 30.4 Å². The van der Waals surface area contributed by atoms with E-state index in [1.165, 1.54) is 5.56 Å². The molecule has 0 radical (unpaired) electrons. The fourth-order valence-corrected chi connectivity index (χ4v) is 3.33. The van der Waals surface area contributed by atoms with E-state index in [0.29, 0.717) is 12.3 Å². The molecule has 0 aromatic heterocycles. The number of benzene rings is 2. The number of anilines is 1. The van der Waals surface area contributed by atoms with Crippen LogP contribution in [-0.2, 0) is 11.2 Å². The zero-order valence-electron chi connectivity index (χ0n) is 14.8. The van der Waals surface area contributed by atoms with Gasteiger partial charge < -0.3 is 15.4 Å². The van der Waals surface area contributed by atoms with Crippen molar-refractivity contribution in [3.63, 3.8) is 0 Å². The Balaban J connectivity index is 1.71. The van der Waals surface area contributed by atoms with Crippen LogP contribution in [0.15, 0.2) is 48.5 Å². The first kappa shape index (κ1) is 17.5. The Hall–Kier alpha value is -2.33. The van der Waals surface area contributed by atoms with Crippen LogP contribution in [0.2, 0.25) is 0 Å². The maximum absolute atomic E-state index is 12.5. The van der Waals surface area contributed by atoms with Crippen LogP contribution in [0.4, 0.5) is 5.69 Å². The molecule has 0 saturated carbocycles. The molecule has 4 heteroatoms. The van der Waals surface area contributed by atoms with Gasteiger partial charge in [0.05, 0.1) is 7.11 Å². The Labute approximate surface area is 149 Å². The predicted molar refractivity (Wildman–Crippen MR) is 101 cm³/mol. The predicted octanol–water partition coefficient (Wildman–Crippen LogP) is 3.61. The van der Waals surface area contributed by atoms with Gasteiger partial charge in [0.25, 0.3) is 0 Å². The molecule has 1 heterocycles. The second-order valence-electron chi connectivity index (χ2n) is 6.63. The molecule has 0 aliphatic carbocycles. The summed E-state index contributed by atoms with van der Waals surface area (Å²) in [7, 11) is 1.66. The van der Waals surface area contributed by atoms with Gasteiger partial charge in [0, 0.05) is 12.1 Å². The normalized spacial score (nSPS) is 14.9. The van der Waals surface area contributed by atoms with Gasteiger partial charge in [-0.3, -0.25) is 4.79 Å². The third-order valence-corrected chi connectivity index (χ3v) is 4.76. The van der Waals surface area contributed by atoms with Crippen molar-refractivity contribution >= 4 is 11.6 Å². The summed E-state index contributed by atoms with van der Waals surface area (Å²) < 4.78 is 5.35. The fourth-order valence-electron chi connectivity index (χ4n) is 3.33. The molecule has 4 nitrogen and oxygen atoms in total. The smallest absolute Gasteiger partial charge is 0.224 e. The lowest BCUT2D eigenvalue weighted by atomic mass is 9.94. The van der Waals surface area contributed by atoms with Gasteiger partial charge in [0.2, 0.25) is 5.91 Å². The highest BCUT2D eigenvalue weighted by molar-refractivity contribution is 5.91. The van der Waals surface area contributed by atoms with Gasteiger partial charge in [-0.05, 0) is 67.6 Å². The summed E-state index contributed by atoms with van der Waals surface area (Å²) in [6, 6.07) is 16.1. The largest absolute Gasteiger partial charge is 0.497 e. The zero-order valence-corrected chi connectivity index (χ0v) is 14.8. The molecule has 0 unspecified atom stereocenters. The van der Waals surface area contributed by atoms with Crippen molar-refractivity contribution in [2.24, 2.45) is 5.92 Å². The molecule has 3 rings (SSSR count). The molecular formula is C21H26N2O2. The maximum Gasteiger partial charge on any atom is 0.224 e. The molecule has 1 fully saturated rings. The van der Waals surface area contributed by atoms with Crippen molar-refractivity contribution in [2.45, 2.75) is 25.7 Å². The Morgan fingerprint density at radius 3 is 2.64 bits per heavy atom. The minimum atomic E-state index is 0.103. The number of carbonyl (C=O) groups is 1. The van der Waals surface area contributed by atoms with Crippen molar-refractivity contribution in [2.75, 3.05) is 25.5 Å². The maximum atomic E-state index is 12.5. The van der Waals surface area contributed by atoms with Gasteiger partial charge in [0.1, 0.15) is 5.75 Å². The standard InChI is InChI=1S/C21H26N2O2/c1-25-19-7-8-20(18(15-19)13-16-5-3-2-4-6-16)23-21(24)14-17-9-11-22-12-10-17/h2-8,15,17,22H,9-14H2,1H3,(H,23,24). The number of nitrogens with one attached hydrogen (secondary N) is 2. The van der Waals surface area contributed by atoms with Gasteiger partial charge in [-0.15, -0.1) is 0 Å². The number of piperidine rings is 1. The Kier molecular flexibility index (Phi) is 6.07. The first-order valence-corrected chi connectivity index (χ1v) is 8.96. The van der Waals surface area contributed by atoms with Crippen LogP contribution in [0, 0.1) is 5.92 Å². The van der Waals surface area contributed by atoms with Crippen LogP contribution in [0.5, 0.6) is 5.75 Å². The molecule has 1 saturated heterocycles. The van der Waals surface area contributed by atoms with Crippen LogP contribution >= 0.6 is 0 Å². The zero-order chi connectivity index (χ0) is 17.5. The number of hydrogen-bond acceptors (Lipinski definition) is 3. The summed E-state index contributed by atoms with van der Waals surface area (Å²) in [5.41, 5.74) is 3.16. The second-order valence-corrected chi connectivity index (χ2v) is 6.63. The van der Waals surface area contributed by atoms with E-state index in [-0.39, 0.29) is 5.91 Å². The summed E-state index contributed by atoms with van der Waals surface area (Å²) in [5.74, 6) is 1.39. The number of methoxy groups -OCH3 is 1. The van der Waals surface area contributed by atoms with E-state index in [9.17, 15) is 4.79 Å². The van der Waals surface area contributed by atoms with Crippen molar-refractivity contribution in [1.29, 1.82) is 0 Å². The van der Waals surface area contributed by atoms with E-state index >= 15 is 0 Å². The Morgan fingerprint density at radius 2 is 1.92 bits per heavy atom. The van der Waals surface area contributed by atoms with E-state index in [4.69, 9.17) is 4.74 Å². The Morgan fingerprint density at radius 1 is 1.16 bits per heavy atom. The van der Waals surface area contributed by atoms with Gasteiger partial charge in [-0.25, -0.2) is 0 Å². The monoisotopic (exact) mass is 338 g/mol. The van der Waals surface area contributed by atoms with E-state index in [2.05, 4.69) is 22.8 Å². The second kappa shape index (κ2) is 8.67. The van der Waals surface area contributed by atoms with E-state index in [1.54, 1.807) is 7.11 Å². The van der Waals surface area contributed by atoms with E-state index in [0.717, 1.165) is 49.4 Å². The lowest BCUT2D eigenvalue weighted by molar-refractivity contribution is -0.117. The lowest BCUT2D eigenvalue weighted by Crippen LogP contribution is -2.30. The molecule has 2 N–H and O–H groups in total. The third kappa shape index (κ3) is 5.07. The van der Waals surface area contributed by atoms with Crippen LogP contribution in [0.3, 0.4) is 0 Å². The number of ether oxygens (including phenoxy) is 1. The summed E-state index contributed by atoms with van der Waals surface area (Å²) in [4.78, 5) is 12.5. The minimum Gasteiger partial charge on any atom is -0.497 e. The molecule has 0 bridgehead atoms. The lowest BCUT2D eigenvalue weighted by Gasteiger charge is -2.22. The van der Waals surface area contributed by atoms with Crippen LogP contribution in [-0.4, -0.2) is 26.1 Å². The number of hydrogen-bond donors (Lipinski definition) is 2. The van der Waals surface area contributed by atoms with Gasteiger partial charge in [-0.2, -0.15) is 0 Å². The quantitative estimate of drug-likeness (QED) is 0.846. The molecule has 0 spiro atoms. The highest BCUT2D eigenvalue weighted by Crippen LogP contribution is 2.26. The SMILES string of the molecule is COc1ccc(NC(=O)CC2CCNCC2)c(Cc2ccccc2)c1. The minimum absolute atomic E-state index is 0.103. The summed E-state index contributed by atoms with van der Waals surface area (Å²) in [5, 5.41) is 6.46. The molecule has 1 aliphatic rings. The molecule has 1 amide bonds. The highest BCUT2D eigenvalue weighted by atomic mass is 16.5. The first-order chi connectivity index (χ1) is 12.2. The van der Waals surface area contributed by atoms with Crippen molar-refractivity contribution < 1.29 is 9.53 Å². The molecule has 2 aromatic rings. The summed E-state index contributed by atoms with van der Waals surface area (Å²) >= 11 is 0. The molecule has 0 atom stereocenters. The van der Waals surface area contributed by atoms with Gasteiger partial charge in [0.15, 0.2) is 0 Å². The van der Waals surface area contributed by atoms with E-state index < -0.39 is 0 Å². The first-order valence-electron chi connectivity index (χ1n) is 8.96. The van der Waals surface area contributed by atoms with Gasteiger partial charge >= 0.3 is 0 Å². The highest BCUT2D eigenvalue weighted by Gasteiger charge is 2.17. The van der Waals surface area contributed by atoms with Crippen LogP contribution < -0.4 is 15.4 Å². The molecule has 2 aromatic carbocycles. The van der Waals surface area contributed by atoms with Crippen molar-refractivity contribution in [1.82, 2.24) is 5.32 Å². The molecule has 1 aliphatic heterocycles. The van der Waals surface area contributed by atoms with Gasteiger partial charge in [-0.1, -0.05) is 30.3 Å². The molecule has 25 heavy (non-hydrogen) atoms.